The Morgan fingerprint density at radius 1 is 1.22 bits per heavy atom. The van der Waals surface area contributed by atoms with Gasteiger partial charge in [0.2, 0.25) is 0 Å². The molecule has 120 valence electrons. The van der Waals surface area contributed by atoms with Gasteiger partial charge in [0.25, 0.3) is 0 Å². The lowest BCUT2D eigenvalue weighted by atomic mass is 9.95. The Morgan fingerprint density at radius 3 is 2.74 bits per heavy atom. The van der Waals surface area contributed by atoms with Crippen molar-refractivity contribution < 1.29 is 4.74 Å². The van der Waals surface area contributed by atoms with Gasteiger partial charge in [-0.25, -0.2) is 0 Å². The van der Waals surface area contributed by atoms with Crippen molar-refractivity contribution in [2.24, 2.45) is 7.05 Å². The van der Waals surface area contributed by atoms with Crippen LogP contribution < -0.4 is 10.1 Å². The van der Waals surface area contributed by atoms with Crippen molar-refractivity contribution >= 4 is 23.3 Å². The number of methoxy groups -OCH3 is 1. The summed E-state index contributed by atoms with van der Waals surface area (Å²) in [7, 11) is 3.87. The molecule has 0 spiro atoms. The maximum atomic E-state index is 5.40. The molecular formula is C18H20ClN3O. The fraction of sp³-hybridized carbons (Fsp3) is 0.278. The van der Waals surface area contributed by atoms with E-state index in [1.807, 2.05) is 18.5 Å². The summed E-state index contributed by atoms with van der Waals surface area (Å²) < 4.78 is 7.71. The highest BCUT2D eigenvalue weighted by molar-refractivity contribution is 5.87. The zero-order valence-corrected chi connectivity index (χ0v) is 14.1. The molecule has 0 bridgehead atoms. The van der Waals surface area contributed by atoms with Crippen LogP contribution in [0.4, 0.5) is 0 Å². The molecule has 2 aromatic heterocycles. The van der Waals surface area contributed by atoms with E-state index in [9.17, 15) is 0 Å². The Labute approximate surface area is 141 Å². The molecule has 3 aromatic rings. The highest BCUT2D eigenvalue weighted by atomic mass is 35.5. The van der Waals surface area contributed by atoms with Crippen LogP contribution in [-0.4, -0.2) is 23.2 Å². The summed E-state index contributed by atoms with van der Waals surface area (Å²) >= 11 is 0. The molecular weight excluding hydrogens is 310 g/mol. The minimum atomic E-state index is 0. The molecule has 0 saturated heterocycles. The SMILES string of the molecule is COc1ccc2c(c1)c1c(n2C)C(c2ccncc2)NCC1.Cl. The molecule has 3 heterocycles. The number of pyridine rings is 1. The number of aryl methyl sites for hydroxylation is 1. The van der Waals surface area contributed by atoms with Crippen LogP contribution in [0.2, 0.25) is 0 Å². The molecule has 0 aliphatic carbocycles. The van der Waals surface area contributed by atoms with Crippen molar-refractivity contribution in [2.75, 3.05) is 13.7 Å². The second kappa shape index (κ2) is 6.22. The summed E-state index contributed by atoms with van der Waals surface area (Å²) in [6.45, 7) is 0.982. The van der Waals surface area contributed by atoms with Crippen molar-refractivity contribution in [1.82, 2.24) is 14.9 Å². The van der Waals surface area contributed by atoms with Crippen LogP contribution in [0.25, 0.3) is 10.9 Å². The molecule has 1 aromatic carbocycles. The van der Waals surface area contributed by atoms with Crippen LogP contribution in [0.15, 0.2) is 42.7 Å². The van der Waals surface area contributed by atoms with Crippen molar-refractivity contribution in [3.8, 4) is 5.75 Å². The van der Waals surface area contributed by atoms with Gasteiger partial charge in [-0.1, -0.05) is 0 Å². The van der Waals surface area contributed by atoms with E-state index in [2.05, 4.69) is 46.2 Å². The van der Waals surface area contributed by atoms with Crippen molar-refractivity contribution in [2.45, 2.75) is 12.5 Å². The third kappa shape index (κ3) is 2.48. The van der Waals surface area contributed by atoms with Crippen LogP contribution in [0.5, 0.6) is 5.75 Å². The fourth-order valence-corrected chi connectivity index (χ4v) is 3.55. The largest absolute Gasteiger partial charge is 0.497 e. The number of ether oxygens (including phenoxy) is 1. The van der Waals surface area contributed by atoms with E-state index in [4.69, 9.17) is 4.74 Å². The molecule has 4 nitrogen and oxygen atoms in total. The van der Waals surface area contributed by atoms with Gasteiger partial charge in [-0.15, -0.1) is 12.4 Å². The Balaban J connectivity index is 0.00000156. The van der Waals surface area contributed by atoms with Crippen molar-refractivity contribution in [3.63, 3.8) is 0 Å². The van der Waals surface area contributed by atoms with Gasteiger partial charge >= 0.3 is 0 Å². The number of hydrogen-bond donors (Lipinski definition) is 1. The average Bonchev–Trinajstić information content (AvgIpc) is 2.88. The Morgan fingerprint density at radius 2 is 2.00 bits per heavy atom. The first-order chi connectivity index (χ1) is 10.8. The highest BCUT2D eigenvalue weighted by Crippen LogP contribution is 2.36. The summed E-state index contributed by atoms with van der Waals surface area (Å²) in [5.41, 5.74) is 5.29. The molecule has 1 N–H and O–H groups in total. The van der Waals surface area contributed by atoms with Gasteiger partial charge in [0.05, 0.1) is 13.2 Å². The topological polar surface area (TPSA) is 39.1 Å². The predicted molar refractivity (Wildman–Crippen MR) is 94.5 cm³/mol. The molecule has 0 amide bonds. The molecule has 0 saturated carbocycles. The third-order valence-corrected chi connectivity index (χ3v) is 4.60. The Hall–Kier alpha value is -2.04. The van der Waals surface area contributed by atoms with Crippen molar-refractivity contribution in [3.05, 3.63) is 59.5 Å². The number of rotatable bonds is 2. The molecule has 1 aliphatic rings. The minimum Gasteiger partial charge on any atom is -0.497 e. The third-order valence-electron chi connectivity index (χ3n) is 4.60. The van der Waals surface area contributed by atoms with Gasteiger partial charge in [-0.3, -0.25) is 4.98 Å². The molecule has 4 rings (SSSR count). The predicted octanol–water partition coefficient (Wildman–Crippen LogP) is 3.24. The maximum absolute atomic E-state index is 5.40. The van der Waals surface area contributed by atoms with Gasteiger partial charge < -0.3 is 14.6 Å². The second-order valence-electron chi connectivity index (χ2n) is 5.72. The zero-order valence-electron chi connectivity index (χ0n) is 13.2. The zero-order chi connectivity index (χ0) is 15.1. The highest BCUT2D eigenvalue weighted by Gasteiger charge is 2.27. The Bertz CT molecular complexity index is 829. The van der Waals surface area contributed by atoms with Crippen LogP contribution in [-0.2, 0) is 13.5 Å². The van der Waals surface area contributed by atoms with Crippen LogP contribution in [0, 0.1) is 0 Å². The molecule has 1 atom stereocenters. The lowest BCUT2D eigenvalue weighted by Crippen LogP contribution is -2.31. The van der Waals surface area contributed by atoms with Crippen LogP contribution in [0.3, 0.4) is 0 Å². The lowest BCUT2D eigenvalue weighted by molar-refractivity contribution is 0.415. The van der Waals surface area contributed by atoms with Crippen LogP contribution >= 0.6 is 12.4 Å². The number of hydrogen-bond acceptors (Lipinski definition) is 3. The molecule has 1 aliphatic heterocycles. The fourth-order valence-electron chi connectivity index (χ4n) is 3.55. The second-order valence-corrected chi connectivity index (χ2v) is 5.72. The standard InChI is InChI=1S/C18H19N3O.ClH/c1-21-16-4-3-13(22-2)11-15(16)14-7-10-20-17(18(14)21)12-5-8-19-9-6-12;/h3-6,8-9,11,17,20H,7,10H2,1-2H3;1H. The first-order valence-corrected chi connectivity index (χ1v) is 7.58. The molecule has 5 heteroatoms. The summed E-state index contributed by atoms with van der Waals surface area (Å²) in [6.07, 6.45) is 4.76. The van der Waals surface area contributed by atoms with Crippen LogP contribution in [0.1, 0.15) is 22.9 Å². The summed E-state index contributed by atoms with van der Waals surface area (Å²) in [5.74, 6) is 0.917. The van der Waals surface area contributed by atoms with Gasteiger partial charge in [-0.05, 0) is 47.9 Å². The monoisotopic (exact) mass is 329 g/mol. The van der Waals surface area contributed by atoms with E-state index in [0.29, 0.717) is 0 Å². The molecule has 23 heavy (non-hydrogen) atoms. The van der Waals surface area contributed by atoms with E-state index in [-0.39, 0.29) is 18.4 Å². The van der Waals surface area contributed by atoms with Crippen molar-refractivity contribution in [1.29, 1.82) is 0 Å². The van der Waals surface area contributed by atoms with E-state index >= 15 is 0 Å². The average molecular weight is 330 g/mol. The summed E-state index contributed by atoms with van der Waals surface area (Å²) in [5, 5.41) is 4.95. The van der Waals surface area contributed by atoms with Gasteiger partial charge in [0, 0.05) is 42.6 Å². The number of nitrogens with zero attached hydrogens (tertiary/aromatic N) is 2. The lowest BCUT2D eigenvalue weighted by Gasteiger charge is -2.26. The number of benzene rings is 1. The Kier molecular flexibility index (Phi) is 4.28. The first kappa shape index (κ1) is 15.8. The number of halogens is 1. The van der Waals surface area contributed by atoms with E-state index in [1.165, 1.54) is 27.7 Å². The van der Waals surface area contributed by atoms with E-state index in [0.717, 1.165) is 18.7 Å². The number of fused-ring (bicyclic) bond motifs is 3. The van der Waals surface area contributed by atoms with E-state index < -0.39 is 0 Å². The van der Waals surface area contributed by atoms with Gasteiger partial charge in [0.1, 0.15) is 5.75 Å². The molecule has 0 radical (unpaired) electrons. The normalized spacial score (nSPS) is 16.7. The first-order valence-electron chi connectivity index (χ1n) is 7.58. The molecule has 1 unspecified atom stereocenters. The van der Waals surface area contributed by atoms with Gasteiger partial charge in [-0.2, -0.15) is 0 Å². The van der Waals surface area contributed by atoms with Gasteiger partial charge in [0.15, 0.2) is 0 Å². The minimum absolute atomic E-state index is 0. The van der Waals surface area contributed by atoms with E-state index in [1.54, 1.807) is 7.11 Å². The maximum Gasteiger partial charge on any atom is 0.119 e. The quantitative estimate of drug-likeness (QED) is 0.784. The summed E-state index contributed by atoms with van der Waals surface area (Å²) in [4.78, 5) is 4.13. The number of nitrogens with one attached hydrogen (secondary N) is 1. The number of aromatic nitrogens is 2. The molecule has 0 fully saturated rings. The smallest absolute Gasteiger partial charge is 0.119 e. The summed E-state index contributed by atoms with van der Waals surface area (Å²) in [6, 6.07) is 10.7.